The summed E-state index contributed by atoms with van der Waals surface area (Å²) < 4.78 is 44.4. The van der Waals surface area contributed by atoms with Gasteiger partial charge in [-0.1, -0.05) is 0 Å². The van der Waals surface area contributed by atoms with E-state index in [4.69, 9.17) is 20.7 Å². The lowest BCUT2D eigenvalue weighted by Crippen LogP contribution is -2.35. The van der Waals surface area contributed by atoms with E-state index in [0.717, 1.165) is 0 Å². The van der Waals surface area contributed by atoms with Gasteiger partial charge in [0.1, 0.15) is 11.7 Å². The highest BCUT2D eigenvalue weighted by Gasteiger charge is 2.38. The Bertz CT molecular complexity index is 272. The highest BCUT2D eigenvalue weighted by Crippen LogP contribution is 2.15. The van der Waals surface area contributed by atoms with Crippen molar-refractivity contribution in [2.75, 3.05) is 0 Å². The van der Waals surface area contributed by atoms with Crippen LogP contribution in [0, 0.1) is 0 Å². The fourth-order valence-corrected chi connectivity index (χ4v) is 0.610. The number of carboxylic acids is 2. The molecule has 0 aromatic rings. The molecule has 0 aromatic carbocycles. The molecule has 4 N–H and O–H groups in total. The Labute approximate surface area is 94.2 Å². The molecule has 0 bridgehead atoms. The lowest BCUT2D eigenvalue weighted by molar-refractivity contribution is -0.192. The molecule has 0 rings (SSSR count). The second-order valence-electron chi connectivity index (χ2n) is 3.67. The summed E-state index contributed by atoms with van der Waals surface area (Å²) in [5.41, 5.74) is 3.56. The molecule has 17 heavy (non-hydrogen) atoms. The fourth-order valence-electron chi connectivity index (χ4n) is 0.610. The molecule has 0 aromatic heterocycles. The molecular formula is C8H13F4NO4. The van der Waals surface area contributed by atoms with Gasteiger partial charge in [-0.2, -0.15) is 13.2 Å². The molecule has 0 aliphatic heterocycles. The minimum Gasteiger partial charge on any atom is -0.480 e. The number of halogens is 4. The summed E-state index contributed by atoms with van der Waals surface area (Å²) in [6.07, 6.45) is -5.23. The molecule has 0 unspecified atom stereocenters. The van der Waals surface area contributed by atoms with Crippen molar-refractivity contribution < 1.29 is 37.4 Å². The Morgan fingerprint density at radius 2 is 1.47 bits per heavy atom. The van der Waals surface area contributed by atoms with E-state index in [-0.39, 0.29) is 6.42 Å². The van der Waals surface area contributed by atoms with Crippen LogP contribution in [-0.2, 0) is 9.59 Å². The van der Waals surface area contributed by atoms with Gasteiger partial charge >= 0.3 is 18.1 Å². The molecular weight excluding hydrogens is 250 g/mol. The summed E-state index contributed by atoms with van der Waals surface area (Å²) in [4.78, 5) is 19.0. The normalized spacial score (nSPS) is 13.4. The molecule has 0 saturated carbocycles. The molecule has 0 aliphatic rings. The van der Waals surface area contributed by atoms with E-state index in [1.54, 1.807) is 0 Å². The van der Waals surface area contributed by atoms with Gasteiger partial charge in [0.15, 0.2) is 0 Å². The van der Waals surface area contributed by atoms with Crippen molar-refractivity contribution in [3.63, 3.8) is 0 Å². The maximum atomic E-state index is 12.7. The van der Waals surface area contributed by atoms with Gasteiger partial charge in [-0.3, -0.25) is 4.79 Å². The topological polar surface area (TPSA) is 101 Å². The molecule has 0 heterocycles. The first-order valence-electron chi connectivity index (χ1n) is 4.25. The van der Waals surface area contributed by atoms with Crippen LogP contribution in [-0.4, -0.2) is 40.0 Å². The summed E-state index contributed by atoms with van der Waals surface area (Å²) >= 11 is 0. The minimum absolute atomic E-state index is 0.150. The number of hydrogen-bond donors (Lipinski definition) is 3. The van der Waals surface area contributed by atoms with Crippen molar-refractivity contribution in [3.8, 4) is 0 Å². The number of rotatable bonds is 3. The molecule has 0 radical (unpaired) electrons. The summed E-state index contributed by atoms with van der Waals surface area (Å²) in [5, 5.41) is 15.4. The first-order chi connectivity index (χ1) is 7.27. The fraction of sp³-hybridized carbons (Fsp3) is 0.750. The average molecular weight is 263 g/mol. The molecule has 0 aliphatic carbocycles. The zero-order valence-corrected chi connectivity index (χ0v) is 9.08. The second-order valence-corrected chi connectivity index (χ2v) is 3.67. The minimum atomic E-state index is -5.08. The van der Waals surface area contributed by atoms with Crippen LogP contribution < -0.4 is 5.73 Å². The van der Waals surface area contributed by atoms with E-state index < -0.39 is 29.8 Å². The second kappa shape index (κ2) is 6.38. The van der Waals surface area contributed by atoms with Crippen LogP contribution in [0.15, 0.2) is 0 Å². The zero-order chi connectivity index (χ0) is 14.4. The third-order valence-electron chi connectivity index (χ3n) is 1.27. The Kier molecular flexibility index (Phi) is 6.75. The maximum Gasteiger partial charge on any atom is 0.490 e. The number of nitrogens with two attached hydrogens (primary N) is 1. The van der Waals surface area contributed by atoms with Gasteiger partial charge in [-0.05, 0) is 13.8 Å². The highest BCUT2D eigenvalue weighted by atomic mass is 19.4. The monoisotopic (exact) mass is 263 g/mol. The van der Waals surface area contributed by atoms with Gasteiger partial charge in [0.05, 0.1) is 0 Å². The molecule has 0 saturated heterocycles. The summed E-state index contributed by atoms with van der Waals surface area (Å²) in [5.74, 6) is -3.92. The van der Waals surface area contributed by atoms with Gasteiger partial charge in [0.25, 0.3) is 0 Å². The molecule has 0 fully saturated rings. The van der Waals surface area contributed by atoms with Gasteiger partial charge in [0, 0.05) is 6.42 Å². The van der Waals surface area contributed by atoms with Crippen molar-refractivity contribution in [3.05, 3.63) is 0 Å². The van der Waals surface area contributed by atoms with E-state index in [0.29, 0.717) is 0 Å². The Balaban J connectivity index is 0. The molecule has 102 valence electrons. The number of carbonyl (C=O) groups is 2. The third kappa shape index (κ3) is 12.6. The van der Waals surface area contributed by atoms with E-state index in [1.165, 1.54) is 13.8 Å². The lowest BCUT2D eigenvalue weighted by Gasteiger charge is -2.15. The third-order valence-corrected chi connectivity index (χ3v) is 1.27. The Morgan fingerprint density at radius 1 is 1.18 bits per heavy atom. The van der Waals surface area contributed by atoms with Crippen molar-refractivity contribution in [2.24, 2.45) is 5.73 Å². The van der Waals surface area contributed by atoms with Gasteiger partial charge < -0.3 is 15.9 Å². The highest BCUT2D eigenvalue weighted by molar-refractivity contribution is 5.73. The Hall–Kier alpha value is -1.38. The lowest BCUT2D eigenvalue weighted by atomic mass is 10.0. The van der Waals surface area contributed by atoms with Crippen molar-refractivity contribution >= 4 is 11.9 Å². The van der Waals surface area contributed by atoms with Gasteiger partial charge in [-0.15, -0.1) is 0 Å². The first-order valence-corrected chi connectivity index (χ1v) is 4.25. The Morgan fingerprint density at radius 3 is 1.53 bits per heavy atom. The molecule has 0 spiro atoms. The molecule has 0 amide bonds. The zero-order valence-electron chi connectivity index (χ0n) is 9.08. The maximum absolute atomic E-state index is 12.7. The van der Waals surface area contributed by atoms with E-state index in [9.17, 15) is 22.4 Å². The van der Waals surface area contributed by atoms with Crippen molar-refractivity contribution in [2.45, 2.75) is 38.2 Å². The number of alkyl halides is 4. The van der Waals surface area contributed by atoms with Crippen molar-refractivity contribution in [1.29, 1.82) is 0 Å². The van der Waals surface area contributed by atoms with Crippen molar-refractivity contribution in [1.82, 2.24) is 0 Å². The largest absolute Gasteiger partial charge is 0.490 e. The number of aliphatic carboxylic acids is 2. The predicted molar refractivity (Wildman–Crippen MR) is 49.1 cm³/mol. The standard InChI is InChI=1S/C6H12FNO2.C2HF3O2/c1-6(2,7)3-4(8)5(9)10;3-2(4,5)1(6)7/h4H,3,8H2,1-2H3,(H,9,10);(H,6,7)/t4-;/m0./s1. The van der Waals surface area contributed by atoms with Crippen LogP contribution in [0.3, 0.4) is 0 Å². The SMILES string of the molecule is CC(C)(F)C[C@H](N)C(=O)O.O=C(O)C(F)(F)F. The summed E-state index contributed by atoms with van der Waals surface area (Å²) in [7, 11) is 0. The molecule has 1 atom stereocenters. The van der Waals surface area contributed by atoms with Crippen LogP contribution in [0.5, 0.6) is 0 Å². The number of carboxylic acid groups (broad SMARTS) is 2. The summed E-state index contributed by atoms with van der Waals surface area (Å²) in [6.45, 7) is 2.60. The first kappa shape index (κ1) is 18.0. The van der Waals surface area contributed by atoms with Crippen LogP contribution in [0.25, 0.3) is 0 Å². The van der Waals surface area contributed by atoms with E-state index >= 15 is 0 Å². The van der Waals surface area contributed by atoms with Gasteiger partial charge in [0.2, 0.25) is 0 Å². The number of hydrogen-bond acceptors (Lipinski definition) is 3. The van der Waals surface area contributed by atoms with E-state index in [1.807, 2.05) is 0 Å². The quantitative estimate of drug-likeness (QED) is 0.663. The van der Waals surface area contributed by atoms with Crippen LogP contribution >= 0.6 is 0 Å². The summed E-state index contributed by atoms with van der Waals surface area (Å²) in [6, 6.07) is -1.10. The molecule has 9 heteroatoms. The van der Waals surface area contributed by atoms with Crippen LogP contribution in [0.4, 0.5) is 17.6 Å². The van der Waals surface area contributed by atoms with E-state index in [2.05, 4.69) is 0 Å². The van der Waals surface area contributed by atoms with Crippen LogP contribution in [0.2, 0.25) is 0 Å². The predicted octanol–water partition coefficient (Wildman–Crippen LogP) is 1.17. The average Bonchev–Trinajstić information content (AvgIpc) is 1.99. The van der Waals surface area contributed by atoms with Gasteiger partial charge in [-0.25, -0.2) is 9.18 Å². The smallest absolute Gasteiger partial charge is 0.480 e. The van der Waals surface area contributed by atoms with Crippen LogP contribution in [0.1, 0.15) is 20.3 Å². The molecule has 5 nitrogen and oxygen atoms in total.